The Bertz CT molecular complexity index is 628. The lowest BCUT2D eigenvalue weighted by atomic mass is 9.93. The summed E-state index contributed by atoms with van der Waals surface area (Å²) in [6.45, 7) is 4.16. The number of hydrogen-bond donors (Lipinski definition) is 2. The first-order chi connectivity index (χ1) is 10.1. The van der Waals surface area contributed by atoms with Crippen LogP contribution in [0.1, 0.15) is 28.3 Å². The number of nitrogens with two attached hydrogens (primary N) is 1. The van der Waals surface area contributed by atoms with E-state index in [1.165, 1.54) is 16.7 Å². The standard InChI is InChI=1S/C17H21BrN2O/c1-11-8-12(2)17(16(9-11)21-3)15(20-19)10-13-6-4-5-7-14(13)18/h4-9,15,20H,10,19H2,1-3H3. The molecule has 0 bridgehead atoms. The van der Waals surface area contributed by atoms with E-state index in [4.69, 9.17) is 10.6 Å². The topological polar surface area (TPSA) is 47.3 Å². The van der Waals surface area contributed by atoms with Gasteiger partial charge in [0, 0.05) is 10.0 Å². The fourth-order valence-electron chi connectivity index (χ4n) is 2.68. The minimum atomic E-state index is -0.000694. The van der Waals surface area contributed by atoms with Gasteiger partial charge in [0.1, 0.15) is 5.75 Å². The lowest BCUT2D eigenvalue weighted by molar-refractivity contribution is 0.398. The van der Waals surface area contributed by atoms with E-state index in [1.807, 2.05) is 24.3 Å². The number of methoxy groups -OCH3 is 1. The van der Waals surface area contributed by atoms with Crippen LogP contribution in [-0.4, -0.2) is 7.11 Å². The van der Waals surface area contributed by atoms with Crippen molar-refractivity contribution in [1.82, 2.24) is 5.43 Å². The second-order valence-corrected chi connectivity index (χ2v) is 6.07. The molecule has 0 aromatic heterocycles. The molecule has 3 nitrogen and oxygen atoms in total. The quantitative estimate of drug-likeness (QED) is 0.637. The summed E-state index contributed by atoms with van der Waals surface area (Å²) in [5.41, 5.74) is 7.62. The highest BCUT2D eigenvalue weighted by Gasteiger charge is 2.19. The SMILES string of the molecule is COc1cc(C)cc(C)c1C(Cc1ccccc1Br)NN. The maximum Gasteiger partial charge on any atom is 0.124 e. The smallest absolute Gasteiger partial charge is 0.124 e. The van der Waals surface area contributed by atoms with Gasteiger partial charge >= 0.3 is 0 Å². The van der Waals surface area contributed by atoms with Crippen LogP contribution in [-0.2, 0) is 6.42 Å². The number of ether oxygens (including phenoxy) is 1. The molecular weight excluding hydrogens is 328 g/mol. The summed E-state index contributed by atoms with van der Waals surface area (Å²) in [5.74, 6) is 6.69. The van der Waals surface area contributed by atoms with Crippen molar-refractivity contribution in [2.45, 2.75) is 26.3 Å². The molecule has 0 aliphatic rings. The maximum atomic E-state index is 5.81. The Kier molecular flexibility index (Phi) is 5.39. The highest BCUT2D eigenvalue weighted by atomic mass is 79.9. The number of hydrogen-bond acceptors (Lipinski definition) is 3. The summed E-state index contributed by atoms with van der Waals surface area (Å²) < 4.78 is 6.64. The first-order valence-electron chi connectivity index (χ1n) is 6.91. The van der Waals surface area contributed by atoms with Gasteiger partial charge in [-0.25, -0.2) is 0 Å². The third kappa shape index (κ3) is 3.64. The van der Waals surface area contributed by atoms with E-state index in [2.05, 4.69) is 47.3 Å². The lowest BCUT2D eigenvalue weighted by Crippen LogP contribution is -2.30. The molecule has 4 heteroatoms. The largest absolute Gasteiger partial charge is 0.496 e. The van der Waals surface area contributed by atoms with Crippen LogP contribution in [0.4, 0.5) is 0 Å². The molecule has 0 radical (unpaired) electrons. The van der Waals surface area contributed by atoms with Gasteiger partial charge in [-0.05, 0) is 49.1 Å². The fourth-order valence-corrected chi connectivity index (χ4v) is 3.13. The molecule has 0 fully saturated rings. The Balaban J connectivity index is 2.40. The van der Waals surface area contributed by atoms with Crippen molar-refractivity contribution in [3.05, 3.63) is 63.1 Å². The van der Waals surface area contributed by atoms with Gasteiger partial charge in [-0.3, -0.25) is 11.3 Å². The molecule has 0 aliphatic carbocycles. The number of halogens is 1. The third-order valence-electron chi connectivity index (χ3n) is 3.64. The van der Waals surface area contributed by atoms with Gasteiger partial charge in [0.2, 0.25) is 0 Å². The van der Waals surface area contributed by atoms with Gasteiger partial charge in [-0.1, -0.05) is 40.2 Å². The average Bonchev–Trinajstić information content (AvgIpc) is 2.46. The van der Waals surface area contributed by atoms with Crippen molar-refractivity contribution < 1.29 is 4.74 Å². The van der Waals surface area contributed by atoms with Crippen LogP contribution in [0.5, 0.6) is 5.75 Å². The monoisotopic (exact) mass is 348 g/mol. The van der Waals surface area contributed by atoms with Crippen LogP contribution in [0, 0.1) is 13.8 Å². The summed E-state index contributed by atoms with van der Waals surface area (Å²) in [7, 11) is 1.70. The first kappa shape index (κ1) is 16.0. The highest BCUT2D eigenvalue weighted by Crippen LogP contribution is 2.32. The van der Waals surface area contributed by atoms with Crippen LogP contribution >= 0.6 is 15.9 Å². The van der Waals surface area contributed by atoms with Crippen LogP contribution in [0.25, 0.3) is 0 Å². The molecule has 21 heavy (non-hydrogen) atoms. The summed E-state index contributed by atoms with van der Waals surface area (Å²) in [6.07, 6.45) is 0.790. The third-order valence-corrected chi connectivity index (χ3v) is 4.42. The molecule has 0 heterocycles. The number of hydrazine groups is 1. The van der Waals surface area contributed by atoms with Crippen molar-refractivity contribution in [2.75, 3.05) is 7.11 Å². The van der Waals surface area contributed by atoms with E-state index < -0.39 is 0 Å². The van der Waals surface area contributed by atoms with E-state index in [9.17, 15) is 0 Å². The molecular formula is C17H21BrN2O. The van der Waals surface area contributed by atoms with Crippen molar-refractivity contribution in [2.24, 2.45) is 5.84 Å². The Hall–Kier alpha value is -1.36. The van der Waals surface area contributed by atoms with Crippen molar-refractivity contribution in [1.29, 1.82) is 0 Å². The van der Waals surface area contributed by atoms with Gasteiger partial charge < -0.3 is 4.74 Å². The van der Waals surface area contributed by atoms with Crippen LogP contribution < -0.4 is 16.0 Å². The van der Waals surface area contributed by atoms with Gasteiger partial charge in [0.15, 0.2) is 0 Å². The molecule has 0 saturated heterocycles. The normalized spacial score (nSPS) is 12.2. The van der Waals surface area contributed by atoms with E-state index in [-0.39, 0.29) is 6.04 Å². The predicted molar refractivity (Wildman–Crippen MR) is 90.4 cm³/mol. The lowest BCUT2D eigenvalue weighted by Gasteiger charge is -2.22. The van der Waals surface area contributed by atoms with Crippen LogP contribution in [0.3, 0.4) is 0 Å². The fraction of sp³-hybridized carbons (Fsp3) is 0.294. The Labute approximate surface area is 134 Å². The second-order valence-electron chi connectivity index (χ2n) is 5.21. The number of benzene rings is 2. The summed E-state index contributed by atoms with van der Waals surface area (Å²) in [6, 6.07) is 12.4. The molecule has 2 rings (SSSR count). The molecule has 1 atom stereocenters. The molecule has 0 amide bonds. The molecule has 112 valence electrons. The Morgan fingerprint density at radius 1 is 1.24 bits per heavy atom. The van der Waals surface area contributed by atoms with E-state index in [0.29, 0.717) is 0 Å². The zero-order valence-electron chi connectivity index (χ0n) is 12.6. The Morgan fingerprint density at radius 2 is 1.95 bits per heavy atom. The van der Waals surface area contributed by atoms with Crippen LogP contribution in [0.2, 0.25) is 0 Å². The first-order valence-corrected chi connectivity index (χ1v) is 7.70. The van der Waals surface area contributed by atoms with E-state index >= 15 is 0 Å². The second kappa shape index (κ2) is 7.07. The zero-order chi connectivity index (χ0) is 15.4. The van der Waals surface area contributed by atoms with Crippen molar-refractivity contribution in [3.63, 3.8) is 0 Å². The Morgan fingerprint density at radius 3 is 2.57 bits per heavy atom. The summed E-state index contributed by atoms with van der Waals surface area (Å²) in [4.78, 5) is 0. The zero-order valence-corrected chi connectivity index (χ0v) is 14.2. The van der Waals surface area contributed by atoms with Gasteiger partial charge in [-0.15, -0.1) is 0 Å². The van der Waals surface area contributed by atoms with Gasteiger partial charge in [0.25, 0.3) is 0 Å². The molecule has 2 aromatic carbocycles. The van der Waals surface area contributed by atoms with E-state index in [0.717, 1.165) is 22.2 Å². The van der Waals surface area contributed by atoms with Crippen molar-refractivity contribution in [3.8, 4) is 5.75 Å². The molecule has 0 aliphatic heterocycles. The molecule has 0 saturated carbocycles. The number of rotatable bonds is 5. The summed E-state index contributed by atoms with van der Waals surface area (Å²) >= 11 is 3.59. The van der Waals surface area contributed by atoms with Gasteiger partial charge in [-0.2, -0.15) is 0 Å². The predicted octanol–water partition coefficient (Wildman–Crippen LogP) is 3.82. The van der Waals surface area contributed by atoms with Crippen LogP contribution in [0.15, 0.2) is 40.9 Å². The minimum absolute atomic E-state index is 0.000694. The number of nitrogens with one attached hydrogen (secondary N) is 1. The molecule has 2 aromatic rings. The van der Waals surface area contributed by atoms with E-state index in [1.54, 1.807) is 7.11 Å². The average molecular weight is 349 g/mol. The maximum absolute atomic E-state index is 5.81. The number of aryl methyl sites for hydroxylation is 2. The summed E-state index contributed by atoms with van der Waals surface area (Å²) in [5, 5.41) is 0. The van der Waals surface area contributed by atoms with Gasteiger partial charge in [0.05, 0.1) is 13.2 Å². The molecule has 1 unspecified atom stereocenters. The highest BCUT2D eigenvalue weighted by molar-refractivity contribution is 9.10. The molecule has 0 spiro atoms. The van der Waals surface area contributed by atoms with Crippen molar-refractivity contribution >= 4 is 15.9 Å². The minimum Gasteiger partial charge on any atom is -0.496 e. The molecule has 3 N–H and O–H groups in total.